The standard InChI is InChI=1S/C22H19N5OS/c1-22(19-10-18(14-29-19)17-4-2-3-16(9-17)12-23)11-20(28)27(21(24)26-22)13-15-5-7-25-8-6-15/h2-10,14H,11,13H2,1H3,(H2,24,26)/t22-/m0/s1. The SMILES string of the molecule is C[C@@]1(c2cc(-c3cccc(C#N)c3)cs2)CC(=O)N(Cc2ccncc2)C(=N)N1. The second-order valence-corrected chi connectivity index (χ2v) is 8.12. The van der Waals surface area contributed by atoms with Gasteiger partial charge in [-0.05, 0) is 59.3 Å². The van der Waals surface area contributed by atoms with E-state index in [9.17, 15) is 4.79 Å². The first-order valence-corrected chi connectivity index (χ1v) is 10.0. The van der Waals surface area contributed by atoms with Crippen molar-refractivity contribution in [2.75, 3.05) is 0 Å². The number of guanidine groups is 1. The zero-order valence-corrected chi connectivity index (χ0v) is 16.7. The van der Waals surface area contributed by atoms with Crippen molar-refractivity contribution in [2.45, 2.75) is 25.4 Å². The quantitative estimate of drug-likeness (QED) is 0.694. The van der Waals surface area contributed by atoms with Crippen LogP contribution in [-0.4, -0.2) is 21.8 Å². The molecule has 0 bridgehead atoms. The number of rotatable bonds is 4. The fourth-order valence-corrected chi connectivity index (χ4v) is 4.46. The summed E-state index contributed by atoms with van der Waals surface area (Å²) in [5.74, 6) is 0.0106. The summed E-state index contributed by atoms with van der Waals surface area (Å²) < 4.78 is 0. The average Bonchev–Trinajstić information content (AvgIpc) is 3.23. The largest absolute Gasteiger partial charge is 0.345 e. The third-order valence-corrected chi connectivity index (χ3v) is 6.22. The van der Waals surface area contributed by atoms with Gasteiger partial charge in [0.15, 0.2) is 5.96 Å². The van der Waals surface area contributed by atoms with E-state index in [1.165, 1.54) is 4.90 Å². The van der Waals surface area contributed by atoms with Gasteiger partial charge in [0.2, 0.25) is 5.91 Å². The highest BCUT2D eigenvalue weighted by Gasteiger charge is 2.40. The van der Waals surface area contributed by atoms with Gasteiger partial charge in [0.25, 0.3) is 0 Å². The van der Waals surface area contributed by atoms with Crippen molar-refractivity contribution in [2.24, 2.45) is 0 Å². The molecule has 0 unspecified atom stereocenters. The van der Waals surface area contributed by atoms with Crippen molar-refractivity contribution in [3.8, 4) is 17.2 Å². The number of carbonyl (C=O) groups excluding carboxylic acids is 1. The molecule has 29 heavy (non-hydrogen) atoms. The lowest BCUT2D eigenvalue weighted by molar-refractivity contribution is -0.131. The van der Waals surface area contributed by atoms with Gasteiger partial charge in [0.1, 0.15) is 0 Å². The van der Waals surface area contributed by atoms with E-state index in [1.54, 1.807) is 29.8 Å². The highest BCUT2D eigenvalue weighted by atomic mass is 32.1. The molecule has 1 aliphatic heterocycles. The third-order valence-electron chi connectivity index (χ3n) is 5.03. The van der Waals surface area contributed by atoms with Crippen molar-refractivity contribution < 1.29 is 4.79 Å². The molecule has 4 rings (SSSR count). The van der Waals surface area contributed by atoms with Gasteiger partial charge >= 0.3 is 0 Å². The maximum absolute atomic E-state index is 12.9. The number of nitriles is 1. The van der Waals surface area contributed by atoms with Crippen LogP contribution < -0.4 is 5.32 Å². The lowest BCUT2D eigenvalue weighted by Crippen LogP contribution is -2.58. The highest BCUT2D eigenvalue weighted by Crippen LogP contribution is 2.36. The molecule has 1 atom stereocenters. The minimum absolute atomic E-state index is 0.0884. The number of hydrogen-bond donors (Lipinski definition) is 2. The predicted octanol–water partition coefficient (Wildman–Crippen LogP) is 3.85. The van der Waals surface area contributed by atoms with Crippen LogP contribution in [0.25, 0.3) is 11.1 Å². The predicted molar refractivity (Wildman–Crippen MR) is 112 cm³/mol. The summed E-state index contributed by atoms with van der Waals surface area (Å²) >= 11 is 1.55. The zero-order valence-electron chi connectivity index (χ0n) is 15.8. The second-order valence-electron chi connectivity index (χ2n) is 7.21. The Labute approximate surface area is 173 Å². The number of benzene rings is 1. The van der Waals surface area contributed by atoms with E-state index in [1.807, 2.05) is 48.7 Å². The Morgan fingerprint density at radius 1 is 1.28 bits per heavy atom. The van der Waals surface area contributed by atoms with Crippen molar-refractivity contribution in [1.82, 2.24) is 15.2 Å². The first kappa shape index (κ1) is 18.8. The summed E-state index contributed by atoms with van der Waals surface area (Å²) in [6.45, 7) is 2.30. The van der Waals surface area contributed by atoms with Gasteiger partial charge in [-0.3, -0.25) is 20.1 Å². The molecule has 3 aromatic rings. The molecule has 1 saturated heterocycles. The van der Waals surface area contributed by atoms with E-state index in [0.717, 1.165) is 21.6 Å². The number of nitrogens with zero attached hydrogens (tertiary/aromatic N) is 3. The minimum Gasteiger partial charge on any atom is -0.345 e. The molecule has 1 aliphatic rings. The van der Waals surface area contributed by atoms with Crippen LogP contribution in [0, 0.1) is 16.7 Å². The van der Waals surface area contributed by atoms with E-state index in [-0.39, 0.29) is 18.3 Å². The Kier molecular flexibility index (Phi) is 4.87. The fraction of sp³-hybridized carbons (Fsp3) is 0.182. The van der Waals surface area contributed by atoms with E-state index in [4.69, 9.17) is 10.7 Å². The molecule has 0 radical (unpaired) electrons. The number of carbonyl (C=O) groups is 1. The Hall–Kier alpha value is -3.50. The lowest BCUT2D eigenvalue weighted by atomic mass is 9.91. The summed E-state index contributed by atoms with van der Waals surface area (Å²) in [6, 6.07) is 15.3. The molecular formula is C22H19N5OS. The lowest BCUT2D eigenvalue weighted by Gasteiger charge is -2.40. The molecule has 6 nitrogen and oxygen atoms in total. The maximum Gasteiger partial charge on any atom is 0.232 e. The number of nitrogens with one attached hydrogen (secondary N) is 2. The summed E-state index contributed by atoms with van der Waals surface area (Å²) in [5, 5.41) is 22.8. The van der Waals surface area contributed by atoms with E-state index < -0.39 is 5.54 Å². The van der Waals surface area contributed by atoms with Gasteiger partial charge < -0.3 is 5.32 Å². The number of pyridine rings is 1. The first-order valence-electron chi connectivity index (χ1n) is 9.14. The smallest absolute Gasteiger partial charge is 0.232 e. The molecular weight excluding hydrogens is 382 g/mol. The van der Waals surface area contributed by atoms with Crippen LogP contribution in [0.4, 0.5) is 0 Å². The molecule has 0 aliphatic carbocycles. The topological polar surface area (TPSA) is 92.9 Å². The van der Waals surface area contributed by atoms with Crippen molar-refractivity contribution in [3.63, 3.8) is 0 Å². The van der Waals surface area contributed by atoms with Gasteiger partial charge in [-0.2, -0.15) is 5.26 Å². The molecule has 0 spiro atoms. The maximum atomic E-state index is 12.9. The minimum atomic E-state index is -0.640. The molecule has 1 aromatic carbocycles. The summed E-state index contributed by atoms with van der Waals surface area (Å²) in [6.07, 6.45) is 3.62. The number of thiophene rings is 1. The van der Waals surface area contributed by atoms with Crippen molar-refractivity contribution in [3.05, 3.63) is 76.2 Å². The molecule has 7 heteroatoms. The molecule has 1 fully saturated rings. The normalized spacial score (nSPS) is 19.0. The molecule has 3 heterocycles. The van der Waals surface area contributed by atoms with Crippen LogP contribution in [0.15, 0.2) is 60.2 Å². The fourth-order valence-electron chi connectivity index (χ4n) is 3.43. The van der Waals surface area contributed by atoms with Crippen LogP contribution in [0.2, 0.25) is 0 Å². The summed E-state index contributed by atoms with van der Waals surface area (Å²) in [7, 11) is 0. The number of amides is 1. The van der Waals surface area contributed by atoms with E-state index in [0.29, 0.717) is 12.1 Å². The zero-order chi connectivity index (χ0) is 20.4. The first-order chi connectivity index (χ1) is 14.0. The van der Waals surface area contributed by atoms with E-state index >= 15 is 0 Å². The van der Waals surface area contributed by atoms with Crippen molar-refractivity contribution in [1.29, 1.82) is 10.7 Å². The Morgan fingerprint density at radius 2 is 2.07 bits per heavy atom. The van der Waals surface area contributed by atoms with Crippen LogP contribution >= 0.6 is 11.3 Å². The van der Waals surface area contributed by atoms with Crippen LogP contribution in [-0.2, 0) is 16.9 Å². The molecule has 2 N–H and O–H groups in total. The Bertz CT molecular complexity index is 1100. The van der Waals surface area contributed by atoms with Gasteiger partial charge in [-0.1, -0.05) is 12.1 Å². The molecule has 0 saturated carbocycles. The summed E-state index contributed by atoms with van der Waals surface area (Å²) in [4.78, 5) is 19.3. The Balaban J connectivity index is 1.55. The van der Waals surface area contributed by atoms with Crippen LogP contribution in [0.1, 0.15) is 29.3 Å². The Morgan fingerprint density at radius 3 is 2.79 bits per heavy atom. The molecule has 1 amide bonds. The van der Waals surface area contributed by atoms with Gasteiger partial charge in [0, 0.05) is 17.3 Å². The summed E-state index contributed by atoms with van der Waals surface area (Å²) in [5.41, 5.74) is 2.87. The second kappa shape index (κ2) is 7.49. The van der Waals surface area contributed by atoms with Gasteiger partial charge in [-0.15, -0.1) is 11.3 Å². The van der Waals surface area contributed by atoms with E-state index in [2.05, 4.69) is 16.4 Å². The van der Waals surface area contributed by atoms with Gasteiger partial charge in [0.05, 0.1) is 30.1 Å². The monoisotopic (exact) mass is 401 g/mol. The third kappa shape index (κ3) is 3.75. The number of hydrogen-bond acceptors (Lipinski definition) is 5. The van der Waals surface area contributed by atoms with Crippen molar-refractivity contribution >= 4 is 23.2 Å². The molecule has 144 valence electrons. The average molecular weight is 401 g/mol. The van der Waals surface area contributed by atoms with Gasteiger partial charge in [-0.25, -0.2) is 0 Å². The van der Waals surface area contributed by atoms with Crippen LogP contribution in [0.5, 0.6) is 0 Å². The molecule has 2 aromatic heterocycles. The van der Waals surface area contributed by atoms with Crippen LogP contribution in [0.3, 0.4) is 0 Å². The number of aromatic nitrogens is 1. The highest BCUT2D eigenvalue weighted by molar-refractivity contribution is 7.10.